The first-order chi connectivity index (χ1) is 25.9. The highest BCUT2D eigenvalue weighted by molar-refractivity contribution is 7.80. The number of amides is 2. The largest absolute Gasteiger partial charge is 0.443 e. The number of hydrogen-bond donors (Lipinski definition) is 2. The van der Waals surface area contributed by atoms with Gasteiger partial charge in [0.25, 0.3) is 0 Å². The summed E-state index contributed by atoms with van der Waals surface area (Å²) in [5.74, 6) is -0.628. The molecule has 0 spiro atoms. The first-order valence-corrected chi connectivity index (χ1v) is 18.2. The van der Waals surface area contributed by atoms with Gasteiger partial charge >= 0.3 is 12.2 Å². The number of cyclic esters (lactones) is 2. The summed E-state index contributed by atoms with van der Waals surface area (Å²) in [5.41, 5.74) is 7.70. The zero-order chi connectivity index (χ0) is 40.4. The van der Waals surface area contributed by atoms with Gasteiger partial charge in [-0.2, -0.15) is 0 Å². The van der Waals surface area contributed by atoms with Crippen LogP contribution in [0, 0.1) is 11.6 Å². The van der Waals surface area contributed by atoms with Gasteiger partial charge < -0.3 is 49.7 Å². The molecule has 3 N–H and O–H groups in total. The molecule has 2 aromatic rings. The monoisotopic (exact) mass is 794 g/mol. The smallest absolute Gasteiger partial charge is 0.414 e. The lowest BCUT2D eigenvalue weighted by atomic mass is 10.2. The SMILES string of the molecule is C=O.C=O.CC(=S)NC[C@H]1CN(c2ccc(N3CCN(C)CC3)c(F)c2)C(=O)O1.CC=S.CN1CCN(c2ccc(N3C[C@H](CN)OC3=O)cc2F)CC1. The van der Waals surface area contributed by atoms with Crippen LogP contribution >= 0.6 is 24.4 Å². The Balaban J connectivity index is 0.000000322. The zero-order valence-corrected chi connectivity index (χ0v) is 33.0. The third kappa shape index (κ3) is 13.2. The van der Waals surface area contributed by atoms with E-state index in [0.717, 1.165) is 52.4 Å². The second-order valence-corrected chi connectivity index (χ2v) is 13.6. The molecule has 0 saturated carbocycles. The fraction of sp³-hybridized carbons (Fsp3) is 0.500. The maximum atomic E-state index is 14.6. The molecule has 2 amide bonds. The Morgan fingerprint density at radius 1 is 0.796 bits per heavy atom. The average molecular weight is 795 g/mol. The first kappa shape index (κ1) is 45.8. The second-order valence-electron chi connectivity index (χ2n) is 12.5. The van der Waals surface area contributed by atoms with E-state index in [1.165, 1.54) is 21.9 Å². The van der Waals surface area contributed by atoms with Crippen LogP contribution in [0.2, 0.25) is 0 Å². The van der Waals surface area contributed by atoms with Crippen molar-refractivity contribution in [1.82, 2.24) is 15.1 Å². The average Bonchev–Trinajstić information content (AvgIpc) is 3.75. The van der Waals surface area contributed by atoms with E-state index in [1.54, 1.807) is 36.6 Å². The van der Waals surface area contributed by atoms with Crippen LogP contribution in [0.1, 0.15) is 13.8 Å². The number of likely N-dealkylation sites (N-methyl/N-ethyl adjacent to an activating group) is 2. The highest BCUT2D eigenvalue weighted by Gasteiger charge is 2.34. The Bertz CT molecular complexity index is 1530. The van der Waals surface area contributed by atoms with E-state index >= 15 is 0 Å². The van der Waals surface area contributed by atoms with E-state index < -0.39 is 12.2 Å². The summed E-state index contributed by atoms with van der Waals surface area (Å²) in [6.45, 7) is 15.9. The summed E-state index contributed by atoms with van der Waals surface area (Å²) in [6, 6.07) is 9.83. The molecule has 0 unspecified atom stereocenters. The molecule has 4 aliphatic heterocycles. The summed E-state index contributed by atoms with van der Waals surface area (Å²) < 4.78 is 39.4. The topological polar surface area (TPSA) is 144 Å². The fourth-order valence-electron chi connectivity index (χ4n) is 5.89. The number of rotatable bonds is 7. The molecular formula is C36H52F2N8O6S2. The van der Waals surface area contributed by atoms with E-state index in [0.29, 0.717) is 47.4 Å². The van der Waals surface area contributed by atoms with Crippen LogP contribution in [0.15, 0.2) is 36.4 Å². The number of thiocarbonyl (C=S) groups is 2. The summed E-state index contributed by atoms with van der Waals surface area (Å²) in [6.07, 6.45) is -1.55. The molecule has 4 fully saturated rings. The van der Waals surface area contributed by atoms with Crippen LogP contribution in [0.5, 0.6) is 0 Å². The van der Waals surface area contributed by atoms with Crippen molar-refractivity contribution in [2.24, 2.45) is 5.73 Å². The van der Waals surface area contributed by atoms with E-state index in [1.807, 2.05) is 30.3 Å². The van der Waals surface area contributed by atoms with Crippen LogP contribution in [-0.4, -0.2) is 151 Å². The molecule has 0 aromatic heterocycles. The Morgan fingerprint density at radius 2 is 1.17 bits per heavy atom. The molecule has 18 heteroatoms. The van der Waals surface area contributed by atoms with Gasteiger partial charge in [-0.25, -0.2) is 18.4 Å². The van der Waals surface area contributed by atoms with Gasteiger partial charge in [0.05, 0.1) is 47.4 Å². The molecule has 6 rings (SSSR count). The third-order valence-corrected chi connectivity index (χ3v) is 8.91. The predicted octanol–water partition coefficient (Wildman–Crippen LogP) is 3.34. The molecule has 0 aliphatic carbocycles. The van der Waals surface area contributed by atoms with E-state index in [4.69, 9.17) is 37.0 Å². The minimum atomic E-state index is -0.470. The van der Waals surface area contributed by atoms with Gasteiger partial charge in [-0.05, 0) is 69.7 Å². The molecule has 2 aromatic carbocycles. The molecule has 4 heterocycles. The minimum absolute atomic E-state index is 0.268. The Kier molecular flexibility index (Phi) is 19.9. The number of piperazine rings is 2. The number of nitrogens with one attached hydrogen (secondary N) is 1. The summed E-state index contributed by atoms with van der Waals surface area (Å²) in [4.78, 5) is 51.9. The Morgan fingerprint density at radius 3 is 1.50 bits per heavy atom. The molecule has 2 atom stereocenters. The maximum absolute atomic E-state index is 14.6. The molecule has 4 saturated heterocycles. The summed E-state index contributed by atoms with van der Waals surface area (Å²) in [7, 11) is 4.12. The quantitative estimate of drug-likeness (QED) is 0.396. The molecule has 14 nitrogen and oxygen atoms in total. The lowest BCUT2D eigenvalue weighted by Crippen LogP contribution is -2.44. The number of carbonyl (C=O) groups is 4. The highest BCUT2D eigenvalue weighted by atomic mass is 32.1. The molecule has 298 valence electrons. The number of carbonyl (C=O) groups excluding carboxylic acids is 4. The lowest BCUT2D eigenvalue weighted by Gasteiger charge is -2.34. The zero-order valence-electron chi connectivity index (χ0n) is 31.4. The van der Waals surface area contributed by atoms with Crippen LogP contribution in [-0.2, 0) is 19.1 Å². The van der Waals surface area contributed by atoms with Gasteiger partial charge in [-0.1, -0.05) is 24.4 Å². The number of hydrogen-bond acceptors (Lipinski definition) is 13. The van der Waals surface area contributed by atoms with Crippen molar-refractivity contribution in [1.29, 1.82) is 0 Å². The number of nitrogens with two attached hydrogens (primary N) is 1. The van der Waals surface area contributed by atoms with E-state index in [9.17, 15) is 18.4 Å². The second kappa shape index (κ2) is 23.4. The van der Waals surface area contributed by atoms with Crippen LogP contribution in [0.25, 0.3) is 0 Å². The van der Waals surface area contributed by atoms with Crippen molar-refractivity contribution in [2.75, 3.05) is 112 Å². The number of nitrogens with zero attached hydrogens (tertiary/aromatic N) is 6. The van der Waals surface area contributed by atoms with Crippen molar-refractivity contribution < 1.29 is 37.4 Å². The first-order valence-electron chi connectivity index (χ1n) is 17.3. The van der Waals surface area contributed by atoms with E-state index in [-0.39, 0.29) is 30.4 Å². The maximum Gasteiger partial charge on any atom is 0.414 e. The lowest BCUT2D eigenvalue weighted by molar-refractivity contribution is -0.0987. The molecular weight excluding hydrogens is 743 g/mol. The minimum Gasteiger partial charge on any atom is -0.443 e. The van der Waals surface area contributed by atoms with Crippen molar-refractivity contribution in [3.8, 4) is 0 Å². The number of benzene rings is 2. The van der Waals surface area contributed by atoms with Crippen molar-refractivity contribution >= 4 is 83.3 Å². The molecule has 4 aliphatic rings. The normalized spacial score (nSPS) is 19.7. The van der Waals surface area contributed by atoms with E-state index in [2.05, 4.69) is 41.4 Å². The van der Waals surface area contributed by atoms with Gasteiger partial charge in [0.2, 0.25) is 0 Å². The molecule has 54 heavy (non-hydrogen) atoms. The standard InChI is InChI=1S/C17H23FN4O2S.C15H21FN4O2.C2H4S.2CH2O/c1-12(25)19-10-14-11-22(17(23)24-14)13-3-4-16(15(18)9-13)21-7-5-20(2)6-8-21;1-18-4-6-19(7-5-18)14-3-2-11(8-13(14)16)20-10-12(9-17)22-15(20)21;1-2-3;2*1-2/h3-4,9,14H,5-8,10-11H2,1-2H3,(H,19,25);2-3,8,12H,4-7,9-10,17H2,1H3;2H,1H3;2*1H2/t14-;12-;;;/m00.../s1. The molecule has 0 bridgehead atoms. The van der Waals surface area contributed by atoms with Crippen molar-refractivity contribution in [3.63, 3.8) is 0 Å². The highest BCUT2D eigenvalue weighted by Crippen LogP contribution is 2.30. The number of anilines is 4. The van der Waals surface area contributed by atoms with Gasteiger partial charge in [-0.3, -0.25) is 9.80 Å². The van der Waals surface area contributed by atoms with Crippen LogP contribution < -0.4 is 30.7 Å². The third-order valence-electron chi connectivity index (χ3n) is 8.76. The fourth-order valence-corrected chi connectivity index (χ4v) is 5.97. The van der Waals surface area contributed by atoms with Crippen LogP contribution in [0.4, 0.5) is 41.1 Å². The van der Waals surface area contributed by atoms with Gasteiger partial charge in [0, 0.05) is 58.9 Å². The number of halogens is 2. The van der Waals surface area contributed by atoms with Gasteiger partial charge in [0.15, 0.2) is 0 Å². The summed E-state index contributed by atoms with van der Waals surface area (Å²) >= 11 is 9.23. The van der Waals surface area contributed by atoms with Gasteiger partial charge in [-0.15, -0.1) is 0 Å². The molecule has 0 radical (unpaired) electrons. The van der Waals surface area contributed by atoms with Crippen LogP contribution in [0.3, 0.4) is 0 Å². The number of ether oxygens (including phenoxy) is 2. The Labute approximate surface area is 327 Å². The van der Waals surface area contributed by atoms with Crippen molar-refractivity contribution in [2.45, 2.75) is 26.1 Å². The van der Waals surface area contributed by atoms with Crippen molar-refractivity contribution in [3.05, 3.63) is 48.0 Å². The van der Waals surface area contributed by atoms with Gasteiger partial charge in [0.1, 0.15) is 37.4 Å². The predicted molar refractivity (Wildman–Crippen MR) is 216 cm³/mol. The summed E-state index contributed by atoms with van der Waals surface area (Å²) in [5, 5.41) is 4.57. The Hall–Kier alpha value is -4.36.